The summed E-state index contributed by atoms with van der Waals surface area (Å²) in [5.41, 5.74) is 0. The van der Waals surface area contributed by atoms with Crippen LogP contribution in [0.2, 0.25) is 8.87 Å². The second kappa shape index (κ2) is 16.9. The summed E-state index contributed by atoms with van der Waals surface area (Å²) in [6.45, 7) is 8.60. The average Bonchev–Trinajstić information content (AvgIpc) is 2.34. The SMILES string of the molecule is CCCC(Cl)CC.CCC[CH2][Sn](=[O])[CH2]CCC. The van der Waals surface area contributed by atoms with Crippen LogP contribution in [0, 0.1) is 0 Å². The molecular formula is C14H31ClOSn. The molecule has 0 fully saturated rings. The third-order valence-corrected chi connectivity index (χ3v) is 8.39. The summed E-state index contributed by atoms with van der Waals surface area (Å²) in [5.74, 6) is 0. The van der Waals surface area contributed by atoms with E-state index in [1.165, 1.54) is 32.1 Å². The van der Waals surface area contributed by atoms with E-state index in [1.54, 1.807) is 0 Å². The van der Waals surface area contributed by atoms with Crippen molar-refractivity contribution in [2.45, 2.75) is 86.9 Å². The zero-order chi connectivity index (χ0) is 13.5. The fourth-order valence-corrected chi connectivity index (χ4v) is 6.59. The van der Waals surface area contributed by atoms with E-state index in [0.29, 0.717) is 5.38 Å². The van der Waals surface area contributed by atoms with Crippen molar-refractivity contribution in [2.75, 3.05) is 0 Å². The zero-order valence-electron chi connectivity index (χ0n) is 12.2. The van der Waals surface area contributed by atoms with Crippen LogP contribution in [-0.4, -0.2) is 25.1 Å². The molecule has 0 N–H and O–H groups in total. The van der Waals surface area contributed by atoms with Gasteiger partial charge in [0.2, 0.25) is 0 Å². The summed E-state index contributed by atoms with van der Waals surface area (Å²) in [6.07, 6.45) is 8.29. The molecule has 0 saturated heterocycles. The first-order valence-electron chi connectivity index (χ1n) is 7.27. The van der Waals surface area contributed by atoms with Gasteiger partial charge < -0.3 is 0 Å². The van der Waals surface area contributed by atoms with Crippen LogP contribution in [0.25, 0.3) is 0 Å². The van der Waals surface area contributed by atoms with Crippen molar-refractivity contribution in [3.8, 4) is 0 Å². The molecule has 0 radical (unpaired) electrons. The van der Waals surface area contributed by atoms with Crippen LogP contribution in [0.5, 0.6) is 0 Å². The van der Waals surface area contributed by atoms with E-state index in [-0.39, 0.29) is 0 Å². The molecule has 0 aliphatic heterocycles. The van der Waals surface area contributed by atoms with Crippen LogP contribution >= 0.6 is 11.6 Å². The predicted octanol–water partition coefficient (Wildman–Crippen LogP) is 5.81. The van der Waals surface area contributed by atoms with Crippen LogP contribution in [0.4, 0.5) is 0 Å². The fourth-order valence-electron chi connectivity index (χ4n) is 1.39. The summed E-state index contributed by atoms with van der Waals surface area (Å²) in [7, 11) is 0. The molecule has 0 bridgehead atoms. The number of rotatable bonds is 9. The molecular weight excluding hydrogens is 338 g/mol. The Morgan fingerprint density at radius 3 is 1.65 bits per heavy atom. The van der Waals surface area contributed by atoms with E-state index in [9.17, 15) is 3.08 Å². The summed E-state index contributed by atoms with van der Waals surface area (Å²) in [5, 5.41) is 0.421. The molecule has 0 aromatic rings. The standard InChI is InChI=1S/C6H13Cl.2C4H9.O.Sn/c1-3-5-6(7)4-2;2*1-3-4-2;;/h6H,3-5H2,1-2H3;2*1,3-4H2,2H3;;. The van der Waals surface area contributed by atoms with Gasteiger partial charge >= 0.3 is 71.2 Å². The van der Waals surface area contributed by atoms with Crippen molar-refractivity contribution in [1.29, 1.82) is 0 Å². The van der Waals surface area contributed by atoms with E-state index in [1.807, 2.05) is 0 Å². The van der Waals surface area contributed by atoms with Crippen LogP contribution in [0.3, 0.4) is 0 Å². The Hall–Kier alpha value is 0.889. The molecule has 0 amide bonds. The molecule has 0 spiro atoms. The third-order valence-electron chi connectivity index (χ3n) is 2.66. The van der Waals surface area contributed by atoms with Crippen molar-refractivity contribution < 1.29 is 3.08 Å². The first kappa shape index (κ1) is 20.2. The number of hydrogen-bond acceptors (Lipinski definition) is 1. The van der Waals surface area contributed by atoms with Gasteiger partial charge in [-0.15, -0.1) is 11.6 Å². The molecule has 0 aliphatic carbocycles. The molecule has 1 atom stereocenters. The van der Waals surface area contributed by atoms with Gasteiger partial charge in [-0.25, -0.2) is 0 Å². The first-order chi connectivity index (χ1) is 8.12. The van der Waals surface area contributed by atoms with Gasteiger partial charge in [0, 0.05) is 5.38 Å². The number of alkyl halides is 1. The Bertz CT molecular complexity index is 152. The summed E-state index contributed by atoms with van der Waals surface area (Å²) < 4.78 is 13.4. The molecule has 1 nitrogen and oxygen atoms in total. The maximum absolute atomic E-state index is 11.2. The molecule has 0 rings (SSSR count). The van der Waals surface area contributed by atoms with Crippen LogP contribution < -0.4 is 0 Å². The van der Waals surface area contributed by atoms with E-state index in [0.717, 1.165) is 21.7 Å². The Kier molecular flexibility index (Phi) is 20.1. The van der Waals surface area contributed by atoms with Crippen molar-refractivity contribution in [1.82, 2.24) is 0 Å². The van der Waals surface area contributed by atoms with E-state index in [4.69, 9.17) is 11.6 Å². The maximum atomic E-state index is 11.2. The minimum atomic E-state index is -1.99. The van der Waals surface area contributed by atoms with Crippen LogP contribution in [0.1, 0.15) is 72.6 Å². The summed E-state index contributed by atoms with van der Waals surface area (Å²) >= 11 is 3.77. The topological polar surface area (TPSA) is 17.1 Å². The van der Waals surface area contributed by atoms with E-state index in [2.05, 4.69) is 27.7 Å². The van der Waals surface area contributed by atoms with Gasteiger partial charge in [0.05, 0.1) is 0 Å². The Morgan fingerprint density at radius 2 is 1.41 bits per heavy atom. The second-order valence-corrected chi connectivity index (χ2v) is 11.1. The van der Waals surface area contributed by atoms with Gasteiger partial charge in [0.15, 0.2) is 0 Å². The quantitative estimate of drug-likeness (QED) is 0.370. The summed E-state index contributed by atoms with van der Waals surface area (Å²) in [4.78, 5) is 0. The van der Waals surface area contributed by atoms with Gasteiger partial charge in [0.25, 0.3) is 0 Å². The molecule has 0 aliphatic rings. The van der Waals surface area contributed by atoms with Gasteiger partial charge in [-0.1, -0.05) is 20.3 Å². The van der Waals surface area contributed by atoms with Gasteiger partial charge in [-0.2, -0.15) is 0 Å². The predicted molar refractivity (Wildman–Crippen MR) is 80.7 cm³/mol. The number of unbranched alkanes of at least 4 members (excludes halogenated alkanes) is 2. The monoisotopic (exact) mass is 370 g/mol. The molecule has 104 valence electrons. The third kappa shape index (κ3) is 19.4. The van der Waals surface area contributed by atoms with Crippen LogP contribution in [0.15, 0.2) is 0 Å². The zero-order valence-corrected chi connectivity index (χ0v) is 15.8. The number of hydrogen-bond donors (Lipinski definition) is 0. The van der Waals surface area contributed by atoms with Crippen LogP contribution in [-0.2, 0) is 3.08 Å². The van der Waals surface area contributed by atoms with Gasteiger partial charge in [0.1, 0.15) is 0 Å². The second-order valence-electron chi connectivity index (χ2n) is 4.54. The molecule has 0 saturated carbocycles. The molecule has 1 unspecified atom stereocenters. The first-order valence-corrected chi connectivity index (χ1v) is 12.9. The van der Waals surface area contributed by atoms with Crippen molar-refractivity contribution in [3.63, 3.8) is 0 Å². The molecule has 17 heavy (non-hydrogen) atoms. The Balaban J connectivity index is 0. The Labute approximate surface area is 121 Å². The molecule has 0 aromatic carbocycles. The molecule has 0 aromatic heterocycles. The molecule has 3 heteroatoms. The molecule has 0 heterocycles. The fraction of sp³-hybridized carbons (Fsp3) is 1.00. The van der Waals surface area contributed by atoms with Gasteiger partial charge in [-0.3, -0.25) is 0 Å². The number of halogens is 1. The van der Waals surface area contributed by atoms with Gasteiger partial charge in [-0.05, 0) is 12.8 Å². The van der Waals surface area contributed by atoms with E-state index >= 15 is 0 Å². The minimum absolute atomic E-state index is 0.421. The van der Waals surface area contributed by atoms with Crippen molar-refractivity contribution in [2.24, 2.45) is 0 Å². The normalized spacial score (nSPS) is 11.6. The van der Waals surface area contributed by atoms with Crippen molar-refractivity contribution >= 4 is 31.3 Å². The summed E-state index contributed by atoms with van der Waals surface area (Å²) in [6, 6.07) is 0. The average molecular weight is 370 g/mol. The Morgan fingerprint density at radius 1 is 0.941 bits per heavy atom. The van der Waals surface area contributed by atoms with Crippen molar-refractivity contribution in [3.05, 3.63) is 0 Å². The van der Waals surface area contributed by atoms with E-state index < -0.39 is 19.7 Å².